The Morgan fingerprint density at radius 3 is 1.58 bits per heavy atom. The van der Waals surface area contributed by atoms with E-state index in [1.54, 1.807) is 6.20 Å². The molecule has 2 heteroatoms. The predicted molar refractivity (Wildman–Crippen MR) is 158 cm³/mol. The second-order valence-electron chi connectivity index (χ2n) is 9.53. The second-order valence-corrected chi connectivity index (χ2v) is 9.53. The molecule has 0 saturated heterocycles. The fourth-order valence-electron chi connectivity index (χ4n) is 5.59. The molecule has 0 unspecified atom stereocenters. The van der Waals surface area contributed by atoms with Crippen molar-refractivity contribution in [3.63, 3.8) is 0 Å². The van der Waals surface area contributed by atoms with Crippen molar-refractivity contribution in [1.29, 1.82) is 5.26 Å². The number of hydrogen-bond acceptors (Lipinski definition) is 2. The second kappa shape index (κ2) is 9.00. The molecule has 0 N–H and O–H groups in total. The van der Waals surface area contributed by atoms with Crippen molar-refractivity contribution in [2.24, 2.45) is 0 Å². The van der Waals surface area contributed by atoms with Crippen molar-refractivity contribution in [2.75, 3.05) is 0 Å². The topological polar surface area (TPSA) is 36.7 Å². The fourth-order valence-corrected chi connectivity index (χ4v) is 5.59. The van der Waals surface area contributed by atoms with Gasteiger partial charge in [-0.2, -0.15) is 5.26 Å². The normalized spacial score (nSPS) is 11.1. The predicted octanol–water partition coefficient (Wildman–Crippen LogP) is 9.41. The molecule has 2 nitrogen and oxygen atoms in total. The monoisotopic (exact) mass is 482 g/mol. The summed E-state index contributed by atoms with van der Waals surface area (Å²) in [5, 5.41) is 16.7. The van der Waals surface area contributed by atoms with Crippen molar-refractivity contribution < 1.29 is 0 Å². The molecule has 176 valence electrons. The van der Waals surface area contributed by atoms with Crippen LogP contribution in [-0.4, -0.2) is 4.98 Å². The minimum Gasteiger partial charge on any atom is -0.246 e. The lowest BCUT2D eigenvalue weighted by Crippen LogP contribution is -1.91. The quantitative estimate of drug-likeness (QED) is 0.235. The van der Waals surface area contributed by atoms with Crippen LogP contribution in [0.3, 0.4) is 0 Å². The van der Waals surface area contributed by atoms with Crippen LogP contribution in [0.25, 0.3) is 65.7 Å². The number of pyridine rings is 1. The highest BCUT2D eigenvalue weighted by Crippen LogP contribution is 2.45. The van der Waals surface area contributed by atoms with Gasteiger partial charge in [0.25, 0.3) is 0 Å². The van der Waals surface area contributed by atoms with Crippen LogP contribution in [0.4, 0.5) is 0 Å². The number of nitriles is 1. The Labute approximate surface area is 221 Å². The van der Waals surface area contributed by atoms with Crippen LogP contribution in [-0.2, 0) is 0 Å². The van der Waals surface area contributed by atoms with E-state index in [9.17, 15) is 5.26 Å². The number of aromatic nitrogens is 1. The van der Waals surface area contributed by atoms with E-state index < -0.39 is 0 Å². The summed E-state index contributed by atoms with van der Waals surface area (Å²) >= 11 is 0. The van der Waals surface area contributed by atoms with Gasteiger partial charge in [0.15, 0.2) is 0 Å². The molecular weight excluding hydrogens is 460 g/mol. The van der Waals surface area contributed by atoms with Crippen LogP contribution in [0.1, 0.15) is 5.69 Å². The van der Waals surface area contributed by atoms with Crippen LogP contribution in [0.2, 0.25) is 0 Å². The minimum atomic E-state index is 0.423. The van der Waals surface area contributed by atoms with Crippen molar-refractivity contribution in [3.8, 4) is 39.4 Å². The Kier molecular flexibility index (Phi) is 5.20. The molecule has 0 saturated carbocycles. The van der Waals surface area contributed by atoms with Gasteiger partial charge in [0, 0.05) is 6.20 Å². The highest BCUT2D eigenvalue weighted by molar-refractivity contribution is 6.23. The number of rotatable bonds is 3. The summed E-state index contributed by atoms with van der Waals surface area (Å²) in [6.45, 7) is 0. The van der Waals surface area contributed by atoms with Gasteiger partial charge in [-0.15, -0.1) is 0 Å². The molecule has 6 aromatic carbocycles. The van der Waals surface area contributed by atoms with E-state index >= 15 is 0 Å². The van der Waals surface area contributed by atoms with Crippen LogP contribution in [0, 0.1) is 11.3 Å². The molecule has 7 aromatic rings. The molecule has 0 aliphatic rings. The average molecular weight is 483 g/mol. The molecule has 0 radical (unpaired) electrons. The third kappa shape index (κ3) is 3.61. The van der Waals surface area contributed by atoms with Crippen molar-refractivity contribution >= 4 is 32.3 Å². The zero-order valence-electron chi connectivity index (χ0n) is 20.6. The van der Waals surface area contributed by atoms with E-state index in [1.165, 1.54) is 54.6 Å². The van der Waals surface area contributed by atoms with Gasteiger partial charge >= 0.3 is 0 Å². The standard InChI is InChI=1S/C36H22N2/c37-23-30-20-29(18-19-38-30)24-14-16-26(17-15-24)36-32-13-7-6-12-31(32)35(25-8-2-1-3-9-25)33-21-27-10-4-5-11-28(27)22-34(33)36/h1-22H. The van der Waals surface area contributed by atoms with Gasteiger partial charge in [0.1, 0.15) is 11.8 Å². The molecule has 38 heavy (non-hydrogen) atoms. The highest BCUT2D eigenvalue weighted by atomic mass is 14.7. The Balaban J connectivity index is 1.55. The van der Waals surface area contributed by atoms with Crippen molar-refractivity contribution in [1.82, 2.24) is 4.98 Å². The third-order valence-corrected chi connectivity index (χ3v) is 7.33. The number of benzene rings is 6. The molecule has 1 aromatic heterocycles. The summed E-state index contributed by atoms with van der Waals surface area (Å²) in [7, 11) is 0. The Morgan fingerprint density at radius 1 is 0.447 bits per heavy atom. The van der Waals surface area contributed by atoms with E-state index in [2.05, 4.69) is 126 Å². The van der Waals surface area contributed by atoms with E-state index in [0.717, 1.165) is 11.1 Å². The highest BCUT2D eigenvalue weighted by Gasteiger charge is 2.17. The maximum atomic E-state index is 9.27. The van der Waals surface area contributed by atoms with Gasteiger partial charge in [-0.1, -0.05) is 103 Å². The van der Waals surface area contributed by atoms with Crippen molar-refractivity contribution in [2.45, 2.75) is 0 Å². The molecule has 0 aliphatic heterocycles. The zero-order valence-corrected chi connectivity index (χ0v) is 20.6. The molecule has 0 atom stereocenters. The van der Waals surface area contributed by atoms with E-state index in [1.807, 2.05) is 12.1 Å². The van der Waals surface area contributed by atoms with Gasteiger partial charge in [-0.25, -0.2) is 4.98 Å². The Hall–Kier alpha value is -5.26. The van der Waals surface area contributed by atoms with E-state index in [-0.39, 0.29) is 0 Å². The van der Waals surface area contributed by atoms with Gasteiger partial charge in [0.2, 0.25) is 0 Å². The summed E-state index contributed by atoms with van der Waals surface area (Å²) in [6, 6.07) is 47.3. The van der Waals surface area contributed by atoms with Crippen LogP contribution in [0.5, 0.6) is 0 Å². The largest absolute Gasteiger partial charge is 0.246 e. The fraction of sp³-hybridized carbons (Fsp3) is 0. The molecule has 0 amide bonds. The smallest absolute Gasteiger partial charge is 0.141 e. The third-order valence-electron chi connectivity index (χ3n) is 7.33. The molecule has 0 bridgehead atoms. The molecule has 0 spiro atoms. The molecule has 7 rings (SSSR count). The number of nitrogens with zero attached hydrogens (tertiary/aromatic N) is 2. The maximum Gasteiger partial charge on any atom is 0.141 e. The first-order valence-corrected chi connectivity index (χ1v) is 12.7. The first kappa shape index (κ1) is 22.0. The number of fused-ring (bicyclic) bond motifs is 3. The lowest BCUT2D eigenvalue weighted by atomic mass is 9.84. The molecular formula is C36H22N2. The first-order valence-electron chi connectivity index (χ1n) is 12.7. The van der Waals surface area contributed by atoms with E-state index in [4.69, 9.17) is 0 Å². The molecule has 0 aliphatic carbocycles. The summed E-state index contributed by atoms with van der Waals surface area (Å²) in [4.78, 5) is 4.11. The molecule has 0 fully saturated rings. The summed E-state index contributed by atoms with van der Waals surface area (Å²) in [5.41, 5.74) is 7.36. The summed E-state index contributed by atoms with van der Waals surface area (Å²) in [6.07, 6.45) is 1.69. The van der Waals surface area contributed by atoms with Crippen LogP contribution < -0.4 is 0 Å². The Morgan fingerprint density at radius 2 is 0.974 bits per heavy atom. The minimum absolute atomic E-state index is 0.423. The Bertz CT molecular complexity index is 2010. The van der Waals surface area contributed by atoms with Gasteiger partial charge in [-0.3, -0.25) is 0 Å². The van der Waals surface area contributed by atoms with Crippen LogP contribution >= 0.6 is 0 Å². The van der Waals surface area contributed by atoms with Gasteiger partial charge < -0.3 is 0 Å². The summed E-state index contributed by atoms with van der Waals surface area (Å²) < 4.78 is 0. The SMILES string of the molecule is N#Cc1cc(-c2ccc(-c3c4ccccc4c(-c4ccccc4)c4cc5ccccc5cc34)cc2)ccn1. The van der Waals surface area contributed by atoms with Crippen molar-refractivity contribution in [3.05, 3.63) is 139 Å². The lowest BCUT2D eigenvalue weighted by Gasteiger charge is -2.19. The molecule has 1 heterocycles. The summed E-state index contributed by atoms with van der Waals surface area (Å²) in [5.74, 6) is 0. The van der Waals surface area contributed by atoms with Gasteiger partial charge in [-0.05, 0) is 90.0 Å². The number of hydrogen-bond donors (Lipinski definition) is 0. The first-order chi connectivity index (χ1) is 18.8. The van der Waals surface area contributed by atoms with Gasteiger partial charge in [0.05, 0.1) is 0 Å². The average Bonchev–Trinajstić information content (AvgIpc) is 2.99. The maximum absolute atomic E-state index is 9.27. The zero-order chi connectivity index (χ0) is 25.5. The lowest BCUT2D eigenvalue weighted by molar-refractivity contribution is 1.26. The van der Waals surface area contributed by atoms with E-state index in [0.29, 0.717) is 5.69 Å². The van der Waals surface area contributed by atoms with Crippen LogP contribution in [0.15, 0.2) is 134 Å².